The van der Waals surface area contributed by atoms with Crippen LogP contribution >= 0.6 is 0 Å². The SMILES string of the molecule is COc1ccc2nc(CNC(=O)c3cncc(=O)[nH]3)[nH]c2c1. The maximum atomic E-state index is 11.9. The molecular formula is C14H13N5O3. The molecule has 0 aliphatic rings. The van der Waals surface area contributed by atoms with Crippen LogP contribution in [0.1, 0.15) is 16.3 Å². The van der Waals surface area contributed by atoms with Gasteiger partial charge in [-0.3, -0.25) is 14.6 Å². The Balaban J connectivity index is 1.73. The Kier molecular flexibility index (Phi) is 3.57. The highest BCUT2D eigenvalue weighted by Crippen LogP contribution is 2.18. The maximum Gasteiger partial charge on any atom is 0.269 e. The van der Waals surface area contributed by atoms with Crippen LogP contribution in [0.2, 0.25) is 0 Å². The Hall–Kier alpha value is -3.16. The molecule has 8 heteroatoms. The first-order chi connectivity index (χ1) is 10.7. The third kappa shape index (κ3) is 2.80. The summed E-state index contributed by atoms with van der Waals surface area (Å²) in [6.45, 7) is 0.201. The Bertz CT molecular complexity index is 883. The number of aromatic amines is 2. The van der Waals surface area contributed by atoms with Crippen molar-refractivity contribution < 1.29 is 9.53 Å². The average molecular weight is 299 g/mol. The Labute approximate surface area is 124 Å². The molecule has 0 aliphatic heterocycles. The third-order valence-electron chi connectivity index (χ3n) is 3.05. The highest BCUT2D eigenvalue weighted by molar-refractivity contribution is 5.91. The molecule has 0 saturated carbocycles. The van der Waals surface area contributed by atoms with Gasteiger partial charge < -0.3 is 20.0 Å². The number of hydrogen-bond acceptors (Lipinski definition) is 5. The lowest BCUT2D eigenvalue weighted by Gasteiger charge is -2.02. The van der Waals surface area contributed by atoms with Crippen molar-refractivity contribution in [2.45, 2.75) is 6.54 Å². The molecule has 0 bridgehead atoms. The number of carbonyl (C=O) groups is 1. The van der Waals surface area contributed by atoms with Crippen molar-refractivity contribution in [1.82, 2.24) is 25.3 Å². The summed E-state index contributed by atoms with van der Waals surface area (Å²) in [4.78, 5) is 36.6. The summed E-state index contributed by atoms with van der Waals surface area (Å²) < 4.78 is 5.14. The third-order valence-corrected chi connectivity index (χ3v) is 3.05. The van der Waals surface area contributed by atoms with Gasteiger partial charge in [-0.15, -0.1) is 0 Å². The van der Waals surface area contributed by atoms with Crippen LogP contribution in [0, 0.1) is 0 Å². The van der Waals surface area contributed by atoms with E-state index in [0.717, 1.165) is 23.0 Å². The molecule has 0 fully saturated rings. The fraction of sp³-hybridized carbons (Fsp3) is 0.143. The number of imidazole rings is 1. The zero-order chi connectivity index (χ0) is 15.5. The molecular weight excluding hydrogens is 286 g/mol. The van der Waals surface area contributed by atoms with Crippen molar-refractivity contribution >= 4 is 16.9 Å². The molecule has 0 saturated heterocycles. The molecule has 2 heterocycles. The minimum atomic E-state index is -0.428. The zero-order valence-corrected chi connectivity index (χ0v) is 11.7. The van der Waals surface area contributed by atoms with E-state index >= 15 is 0 Å². The number of nitrogens with one attached hydrogen (secondary N) is 3. The topological polar surface area (TPSA) is 113 Å². The van der Waals surface area contributed by atoms with E-state index in [-0.39, 0.29) is 12.2 Å². The van der Waals surface area contributed by atoms with Gasteiger partial charge in [0.15, 0.2) is 0 Å². The molecule has 2 aromatic heterocycles. The van der Waals surface area contributed by atoms with Crippen molar-refractivity contribution in [3.05, 3.63) is 52.5 Å². The number of carbonyl (C=O) groups excluding carboxylic acids is 1. The molecule has 3 N–H and O–H groups in total. The first-order valence-corrected chi connectivity index (χ1v) is 6.51. The highest BCUT2D eigenvalue weighted by Gasteiger charge is 2.09. The quantitative estimate of drug-likeness (QED) is 0.652. The van der Waals surface area contributed by atoms with E-state index in [9.17, 15) is 9.59 Å². The molecule has 3 aromatic rings. The Morgan fingerprint density at radius 2 is 2.18 bits per heavy atom. The second kappa shape index (κ2) is 5.68. The summed E-state index contributed by atoms with van der Waals surface area (Å²) in [5.41, 5.74) is 1.27. The van der Waals surface area contributed by atoms with Crippen molar-refractivity contribution in [3.63, 3.8) is 0 Å². The van der Waals surface area contributed by atoms with E-state index in [0.29, 0.717) is 5.82 Å². The van der Waals surface area contributed by atoms with E-state index in [1.807, 2.05) is 18.2 Å². The van der Waals surface area contributed by atoms with Gasteiger partial charge in [-0.05, 0) is 12.1 Å². The summed E-state index contributed by atoms with van der Waals surface area (Å²) in [6, 6.07) is 5.47. The molecule has 3 rings (SSSR count). The predicted octanol–water partition coefficient (Wildman–Crippen LogP) is 0.585. The van der Waals surface area contributed by atoms with Gasteiger partial charge in [-0.1, -0.05) is 0 Å². The Morgan fingerprint density at radius 1 is 1.32 bits per heavy atom. The van der Waals surface area contributed by atoms with Gasteiger partial charge in [0.25, 0.3) is 11.5 Å². The number of fused-ring (bicyclic) bond motifs is 1. The van der Waals surface area contributed by atoms with Gasteiger partial charge in [0.05, 0.1) is 37.1 Å². The van der Waals surface area contributed by atoms with E-state index < -0.39 is 11.5 Å². The molecule has 0 unspecified atom stereocenters. The van der Waals surface area contributed by atoms with Crippen molar-refractivity contribution in [1.29, 1.82) is 0 Å². The fourth-order valence-corrected chi connectivity index (χ4v) is 2.00. The van der Waals surface area contributed by atoms with Crippen molar-refractivity contribution in [2.75, 3.05) is 7.11 Å². The molecule has 0 spiro atoms. The van der Waals surface area contributed by atoms with Crippen molar-refractivity contribution in [3.8, 4) is 5.75 Å². The Morgan fingerprint density at radius 3 is 2.95 bits per heavy atom. The zero-order valence-electron chi connectivity index (χ0n) is 11.7. The van der Waals surface area contributed by atoms with Gasteiger partial charge >= 0.3 is 0 Å². The number of rotatable bonds is 4. The minimum absolute atomic E-state index is 0.102. The summed E-state index contributed by atoms with van der Waals surface area (Å²) >= 11 is 0. The van der Waals surface area contributed by atoms with Crippen LogP contribution in [-0.2, 0) is 6.54 Å². The number of amides is 1. The smallest absolute Gasteiger partial charge is 0.269 e. The molecule has 0 aliphatic carbocycles. The number of methoxy groups -OCH3 is 1. The lowest BCUT2D eigenvalue weighted by molar-refractivity contribution is 0.0944. The summed E-state index contributed by atoms with van der Waals surface area (Å²) in [5, 5.41) is 2.66. The number of hydrogen-bond donors (Lipinski definition) is 3. The first-order valence-electron chi connectivity index (χ1n) is 6.51. The van der Waals surface area contributed by atoms with Crippen LogP contribution in [0.5, 0.6) is 5.75 Å². The predicted molar refractivity (Wildman–Crippen MR) is 78.7 cm³/mol. The lowest BCUT2D eigenvalue weighted by Crippen LogP contribution is -2.26. The monoisotopic (exact) mass is 299 g/mol. The van der Waals surface area contributed by atoms with E-state index in [1.54, 1.807) is 7.11 Å². The van der Waals surface area contributed by atoms with Crippen LogP contribution < -0.4 is 15.6 Å². The second-order valence-corrected chi connectivity index (χ2v) is 4.56. The second-order valence-electron chi connectivity index (χ2n) is 4.56. The summed E-state index contributed by atoms with van der Waals surface area (Å²) in [6.07, 6.45) is 2.39. The van der Waals surface area contributed by atoms with Gasteiger partial charge in [0, 0.05) is 6.07 Å². The lowest BCUT2D eigenvalue weighted by atomic mass is 10.3. The maximum absolute atomic E-state index is 11.9. The van der Waals surface area contributed by atoms with Gasteiger partial charge in [-0.2, -0.15) is 0 Å². The van der Waals surface area contributed by atoms with Crippen molar-refractivity contribution in [2.24, 2.45) is 0 Å². The summed E-state index contributed by atoms with van der Waals surface area (Å²) in [5.74, 6) is 0.894. The molecule has 1 aromatic carbocycles. The highest BCUT2D eigenvalue weighted by atomic mass is 16.5. The molecule has 0 atom stereocenters. The number of nitrogens with zero attached hydrogens (tertiary/aromatic N) is 2. The largest absolute Gasteiger partial charge is 0.497 e. The standard InChI is InChI=1S/C14H13N5O3/c1-22-8-2-3-9-10(4-8)18-12(17-9)6-16-14(21)11-5-15-7-13(20)19-11/h2-5,7H,6H2,1H3,(H,16,21)(H,17,18)(H,19,20). The molecule has 1 amide bonds. The van der Waals surface area contributed by atoms with Crippen LogP contribution in [0.3, 0.4) is 0 Å². The van der Waals surface area contributed by atoms with Crippen LogP contribution in [0.25, 0.3) is 11.0 Å². The molecule has 22 heavy (non-hydrogen) atoms. The van der Waals surface area contributed by atoms with Gasteiger partial charge in [0.2, 0.25) is 0 Å². The number of H-pyrrole nitrogens is 2. The van der Waals surface area contributed by atoms with E-state index in [1.165, 1.54) is 6.20 Å². The molecule has 112 valence electrons. The number of benzene rings is 1. The van der Waals surface area contributed by atoms with Crippen LogP contribution in [-0.4, -0.2) is 33.0 Å². The normalized spacial score (nSPS) is 10.6. The molecule has 0 radical (unpaired) electrons. The number of aromatic nitrogens is 4. The molecule has 8 nitrogen and oxygen atoms in total. The first kappa shape index (κ1) is 13.8. The van der Waals surface area contributed by atoms with Gasteiger partial charge in [0.1, 0.15) is 17.3 Å². The van der Waals surface area contributed by atoms with Crippen LogP contribution in [0.15, 0.2) is 35.4 Å². The summed E-state index contributed by atoms with van der Waals surface area (Å²) in [7, 11) is 1.59. The van der Waals surface area contributed by atoms with E-state index in [4.69, 9.17) is 4.74 Å². The van der Waals surface area contributed by atoms with E-state index in [2.05, 4.69) is 25.3 Å². The minimum Gasteiger partial charge on any atom is -0.497 e. The van der Waals surface area contributed by atoms with Crippen LogP contribution in [0.4, 0.5) is 0 Å². The number of ether oxygens (including phenoxy) is 1. The van der Waals surface area contributed by atoms with Gasteiger partial charge in [-0.25, -0.2) is 4.98 Å². The average Bonchev–Trinajstić information content (AvgIpc) is 2.94. The fourth-order valence-electron chi connectivity index (χ4n) is 2.00.